The molecule has 2 aromatic rings. The minimum absolute atomic E-state index is 0.442. The third kappa shape index (κ3) is 2.29. The van der Waals surface area contributed by atoms with Crippen LogP contribution in [0.5, 0.6) is 0 Å². The molecule has 9 nitrogen and oxygen atoms in total. The number of nitrogens with zero attached hydrogens (tertiary/aromatic N) is 6. The molecule has 0 bridgehead atoms. The van der Waals surface area contributed by atoms with E-state index in [1.807, 2.05) is 0 Å². The second-order valence-electron chi connectivity index (χ2n) is 4.42. The highest BCUT2D eigenvalue weighted by Gasteiger charge is 2.26. The number of hydrogen-bond acceptors (Lipinski definition) is 6. The SMILES string of the molecule is Cc1cc(C)n(S(=O)(=O)c2ncn(C(=O)N(C)C)n2)n1. The van der Waals surface area contributed by atoms with Gasteiger partial charge in [-0.25, -0.2) is 9.78 Å². The zero-order valence-electron chi connectivity index (χ0n) is 11.5. The van der Waals surface area contributed by atoms with E-state index in [0.29, 0.717) is 11.4 Å². The fourth-order valence-corrected chi connectivity index (χ4v) is 2.79. The van der Waals surface area contributed by atoms with Crippen molar-refractivity contribution in [3.05, 3.63) is 23.8 Å². The van der Waals surface area contributed by atoms with Crippen molar-refractivity contribution in [2.75, 3.05) is 14.1 Å². The maximum Gasteiger partial charge on any atom is 0.345 e. The predicted octanol–water partition coefficient (Wildman–Crippen LogP) is -0.142. The van der Waals surface area contributed by atoms with Crippen LogP contribution in [0.2, 0.25) is 0 Å². The Morgan fingerprint density at radius 1 is 1.25 bits per heavy atom. The lowest BCUT2D eigenvalue weighted by Crippen LogP contribution is -2.28. The molecule has 2 aromatic heterocycles. The van der Waals surface area contributed by atoms with Gasteiger partial charge in [0.15, 0.2) is 0 Å². The molecule has 1 amide bonds. The van der Waals surface area contributed by atoms with Gasteiger partial charge in [0.05, 0.1) is 11.4 Å². The first-order valence-electron chi connectivity index (χ1n) is 5.65. The minimum Gasteiger partial charge on any atom is -0.329 e. The molecule has 2 rings (SSSR count). The van der Waals surface area contributed by atoms with Crippen LogP contribution in [0.25, 0.3) is 0 Å². The fraction of sp³-hybridized carbons (Fsp3) is 0.400. The van der Waals surface area contributed by atoms with Crippen molar-refractivity contribution in [3.63, 3.8) is 0 Å². The average Bonchev–Trinajstić information content (AvgIpc) is 2.95. The molecule has 0 unspecified atom stereocenters. The standard InChI is InChI=1S/C10H14N6O3S/c1-7-5-8(2)16(12-7)20(18,19)9-11-6-15(13-9)10(17)14(3)4/h5-6H,1-4H3. The van der Waals surface area contributed by atoms with E-state index in [2.05, 4.69) is 15.2 Å². The molecular weight excluding hydrogens is 284 g/mol. The Hall–Kier alpha value is -2.23. The second-order valence-corrected chi connectivity index (χ2v) is 6.08. The molecular formula is C10H14N6O3S. The van der Waals surface area contributed by atoms with Crippen LogP contribution in [-0.2, 0) is 10.0 Å². The van der Waals surface area contributed by atoms with Gasteiger partial charge in [-0.2, -0.15) is 22.3 Å². The van der Waals surface area contributed by atoms with Crippen molar-refractivity contribution in [1.29, 1.82) is 0 Å². The van der Waals surface area contributed by atoms with Crippen molar-refractivity contribution >= 4 is 16.1 Å². The maximum absolute atomic E-state index is 12.3. The Kier molecular flexibility index (Phi) is 3.34. The summed E-state index contributed by atoms with van der Waals surface area (Å²) in [4.78, 5) is 16.6. The van der Waals surface area contributed by atoms with E-state index >= 15 is 0 Å². The summed E-state index contributed by atoms with van der Waals surface area (Å²) in [6, 6.07) is 1.13. The quantitative estimate of drug-likeness (QED) is 0.764. The van der Waals surface area contributed by atoms with Gasteiger partial charge in [0, 0.05) is 14.1 Å². The number of carbonyl (C=O) groups is 1. The summed E-state index contributed by atoms with van der Waals surface area (Å²) in [5, 5.41) is 7.11. The lowest BCUT2D eigenvalue weighted by atomic mass is 10.4. The smallest absolute Gasteiger partial charge is 0.329 e. The highest BCUT2D eigenvalue weighted by molar-refractivity contribution is 7.89. The minimum atomic E-state index is -4.00. The molecule has 0 aliphatic carbocycles. The summed E-state index contributed by atoms with van der Waals surface area (Å²) in [6.07, 6.45) is 1.06. The van der Waals surface area contributed by atoms with Gasteiger partial charge in [0.25, 0.3) is 5.16 Å². The van der Waals surface area contributed by atoms with E-state index in [9.17, 15) is 13.2 Å². The summed E-state index contributed by atoms with van der Waals surface area (Å²) in [7, 11) is -0.941. The molecule has 0 aromatic carbocycles. The molecule has 0 saturated heterocycles. The molecule has 0 atom stereocenters. The van der Waals surface area contributed by atoms with Gasteiger partial charge in [0.1, 0.15) is 6.33 Å². The molecule has 0 spiro atoms. The van der Waals surface area contributed by atoms with Crippen LogP contribution in [0.3, 0.4) is 0 Å². The van der Waals surface area contributed by atoms with Gasteiger partial charge < -0.3 is 4.90 Å². The van der Waals surface area contributed by atoms with Gasteiger partial charge in [-0.3, -0.25) is 0 Å². The molecule has 108 valence electrons. The number of hydrogen-bond donors (Lipinski definition) is 0. The number of rotatable bonds is 2. The predicted molar refractivity (Wildman–Crippen MR) is 68.8 cm³/mol. The Bertz CT molecular complexity index is 758. The van der Waals surface area contributed by atoms with Gasteiger partial charge in [-0.05, 0) is 19.9 Å². The van der Waals surface area contributed by atoms with Gasteiger partial charge in [-0.15, -0.1) is 5.10 Å². The van der Waals surface area contributed by atoms with E-state index in [-0.39, 0.29) is 0 Å². The number of aryl methyl sites for hydroxylation is 2. The fourth-order valence-electron chi connectivity index (χ4n) is 1.59. The third-order valence-electron chi connectivity index (χ3n) is 2.48. The lowest BCUT2D eigenvalue weighted by molar-refractivity contribution is 0.215. The molecule has 0 radical (unpaired) electrons. The number of amides is 1. The van der Waals surface area contributed by atoms with E-state index in [1.54, 1.807) is 19.9 Å². The molecule has 0 fully saturated rings. The van der Waals surface area contributed by atoms with E-state index in [0.717, 1.165) is 15.1 Å². The normalized spacial score (nSPS) is 11.6. The summed E-state index contributed by atoms with van der Waals surface area (Å²) in [5.41, 5.74) is 1.01. The van der Waals surface area contributed by atoms with Crippen molar-refractivity contribution in [2.24, 2.45) is 0 Å². The zero-order chi connectivity index (χ0) is 15.1. The van der Waals surface area contributed by atoms with E-state index in [1.165, 1.54) is 19.0 Å². The molecule has 0 aliphatic heterocycles. The molecule has 10 heteroatoms. The second kappa shape index (κ2) is 4.71. The first-order valence-corrected chi connectivity index (χ1v) is 7.09. The topological polar surface area (TPSA) is 103 Å². The van der Waals surface area contributed by atoms with Crippen LogP contribution in [0.15, 0.2) is 17.6 Å². The Morgan fingerprint density at radius 2 is 1.90 bits per heavy atom. The third-order valence-corrected chi connectivity index (χ3v) is 3.95. The largest absolute Gasteiger partial charge is 0.345 e. The summed E-state index contributed by atoms with van der Waals surface area (Å²) < 4.78 is 26.3. The van der Waals surface area contributed by atoms with E-state index < -0.39 is 21.2 Å². The van der Waals surface area contributed by atoms with Crippen molar-refractivity contribution < 1.29 is 13.2 Å². The summed E-state index contributed by atoms with van der Waals surface area (Å²) in [5.74, 6) is 0. The summed E-state index contributed by atoms with van der Waals surface area (Å²) >= 11 is 0. The van der Waals surface area contributed by atoms with Gasteiger partial charge in [-0.1, -0.05) is 0 Å². The Balaban J connectivity index is 2.46. The zero-order valence-corrected chi connectivity index (χ0v) is 12.3. The molecule has 20 heavy (non-hydrogen) atoms. The Morgan fingerprint density at radius 3 is 2.40 bits per heavy atom. The molecule has 0 saturated carbocycles. The molecule has 0 aliphatic rings. The first-order chi connectivity index (χ1) is 9.23. The van der Waals surface area contributed by atoms with Crippen LogP contribution < -0.4 is 0 Å². The van der Waals surface area contributed by atoms with Crippen molar-refractivity contribution in [2.45, 2.75) is 19.0 Å². The van der Waals surface area contributed by atoms with Crippen LogP contribution in [0.4, 0.5) is 4.79 Å². The van der Waals surface area contributed by atoms with Crippen molar-refractivity contribution in [3.8, 4) is 0 Å². The Labute approximate surface area is 115 Å². The van der Waals surface area contributed by atoms with Crippen LogP contribution in [0, 0.1) is 13.8 Å². The van der Waals surface area contributed by atoms with Crippen LogP contribution in [-0.4, -0.2) is 57.4 Å². The average molecular weight is 298 g/mol. The lowest BCUT2D eigenvalue weighted by Gasteiger charge is -2.07. The summed E-state index contributed by atoms with van der Waals surface area (Å²) in [6.45, 7) is 3.29. The highest BCUT2D eigenvalue weighted by atomic mass is 32.2. The highest BCUT2D eigenvalue weighted by Crippen LogP contribution is 2.11. The van der Waals surface area contributed by atoms with E-state index in [4.69, 9.17) is 0 Å². The number of carbonyl (C=O) groups excluding carboxylic acids is 1. The van der Waals surface area contributed by atoms with Crippen LogP contribution >= 0.6 is 0 Å². The van der Waals surface area contributed by atoms with Gasteiger partial charge in [0.2, 0.25) is 0 Å². The van der Waals surface area contributed by atoms with Crippen LogP contribution in [0.1, 0.15) is 11.4 Å². The molecule has 0 N–H and O–H groups in total. The van der Waals surface area contributed by atoms with Gasteiger partial charge >= 0.3 is 16.1 Å². The molecule has 2 heterocycles. The monoisotopic (exact) mass is 298 g/mol. The first kappa shape index (κ1) is 14.2. The number of aromatic nitrogens is 5. The van der Waals surface area contributed by atoms with Crippen molar-refractivity contribution in [1.82, 2.24) is 28.9 Å². The maximum atomic E-state index is 12.3.